The first kappa shape index (κ1) is 16.7. The fourth-order valence-corrected chi connectivity index (χ4v) is 3.51. The first-order valence-corrected chi connectivity index (χ1v) is 8.83. The van der Waals surface area contributed by atoms with Crippen molar-refractivity contribution in [2.24, 2.45) is 0 Å². The van der Waals surface area contributed by atoms with E-state index in [2.05, 4.69) is 28.1 Å². The Morgan fingerprint density at radius 3 is 2.88 bits per heavy atom. The van der Waals surface area contributed by atoms with Crippen LogP contribution in [0, 0.1) is 20.8 Å². The molecule has 0 bridgehead atoms. The number of nitrogens with one attached hydrogen (secondary N) is 1. The zero-order valence-electron chi connectivity index (χ0n) is 14.9. The molecule has 1 fully saturated rings. The first-order chi connectivity index (χ1) is 11.5. The molecule has 1 N–H and O–H groups in total. The van der Waals surface area contributed by atoms with Gasteiger partial charge in [0.05, 0.1) is 5.69 Å². The number of H-pyrrole nitrogens is 1. The van der Waals surface area contributed by atoms with Gasteiger partial charge in [0.2, 0.25) is 5.91 Å². The van der Waals surface area contributed by atoms with Gasteiger partial charge in [0, 0.05) is 49.6 Å². The molecule has 0 aromatic carbocycles. The Morgan fingerprint density at radius 1 is 1.38 bits per heavy atom. The number of nitrogens with zero attached hydrogens (tertiary/aromatic N) is 4. The van der Waals surface area contributed by atoms with E-state index in [0.717, 1.165) is 61.8 Å². The maximum atomic E-state index is 12.5. The van der Waals surface area contributed by atoms with E-state index in [0.29, 0.717) is 12.3 Å². The molecule has 0 saturated carbocycles. The molecule has 2 aromatic heterocycles. The number of hydrogen-bond donors (Lipinski definition) is 1. The fraction of sp³-hybridized carbons (Fsp3) is 0.611. The van der Waals surface area contributed by atoms with Crippen molar-refractivity contribution in [2.75, 3.05) is 13.1 Å². The zero-order valence-corrected chi connectivity index (χ0v) is 14.9. The molecular formula is C18H27N5O. The summed E-state index contributed by atoms with van der Waals surface area (Å²) in [7, 11) is 0. The summed E-state index contributed by atoms with van der Waals surface area (Å²) < 4.78 is 1.99. The van der Waals surface area contributed by atoms with Crippen molar-refractivity contribution < 1.29 is 4.79 Å². The van der Waals surface area contributed by atoms with Crippen LogP contribution >= 0.6 is 0 Å². The average Bonchev–Trinajstić information content (AvgIpc) is 3.13. The number of piperidine rings is 1. The Balaban J connectivity index is 1.50. The number of imidazole rings is 1. The van der Waals surface area contributed by atoms with Gasteiger partial charge in [-0.3, -0.25) is 9.48 Å². The van der Waals surface area contributed by atoms with Crippen molar-refractivity contribution in [1.29, 1.82) is 0 Å². The number of rotatable bonds is 5. The van der Waals surface area contributed by atoms with Gasteiger partial charge < -0.3 is 9.88 Å². The van der Waals surface area contributed by atoms with Crippen LogP contribution in [0.5, 0.6) is 0 Å². The summed E-state index contributed by atoms with van der Waals surface area (Å²) >= 11 is 0. The highest BCUT2D eigenvalue weighted by atomic mass is 16.2. The highest BCUT2D eigenvalue weighted by molar-refractivity contribution is 5.76. The van der Waals surface area contributed by atoms with Crippen LogP contribution in [0.4, 0.5) is 0 Å². The molecule has 1 saturated heterocycles. The summed E-state index contributed by atoms with van der Waals surface area (Å²) in [5.41, 5.74) is 3.27. The minimum atomic E-state index is 0.254. The van der Waals surface area contributed by atoms with Crippen LogP contribution in [0.1, 0.15) is 54.5 Å². The van der Waals surface area contributed by atoms with Crippen molar-refractivity contribution >= 4 is 5.91 Å². The molecule has 0 radical (unpaired) electrons. The van der Waals surface area contributed by atoms with Crippen molar-refractivity contribution in [3.63, 3.8) is 0 Å². The smallest absolute Gasteiger partial charge is 0.222 e. The third-order valence-corrected chi connectivity index (χ3v) is 4.75. The third-order valence-electron chi connectivity index (χ3n) is 4.75. The number of hydrogen-bond acceptors (Lipinski definition) is 3. The van der Waals surface area contributed by atoms with Gasteiger partial charge in [-0.25, -0.2) is 4.98 Å². The first-order valence-electron chi connectivity index (χ1n) is 8.83. The van der Waals surface area contributed by atoms with Crippen molar-refractivity contribution in [3.8, 4) is 0 Å². The lowest BCUT2D eigenvalue weighted by molar-refractivity contribution is -0.132. The molecule has 3 rings (SSSR count). The maximum Gasteiger partial charge on any atom is 0.222 e. The third kappa shape index (κ3) is 3.86. The van der Waals surface area contributed by atoms with E-state index < -0.39 is 0 Å². The van der Waals surface area contributed by atoms with Gasteiger partial charge in [-0.2, -0.15) is 5.10 Å². The molecule has 0 aliphatic carbocycles. The predicted octanol–water partition coefficient (Wildman–Crippen LogP) is 2.72. The number of aromatic amines is 1. The molecule has 2 aromatic rings. The predicted molar refractivity (Wildman–Crippen MR) is 92.8 cm³/mol. The summed E-state index contributed by atoms with van der Waals surface area (Å²) in [4.78, 5) is 22.3. The van der Waals surface area contributed by atoms with Gasteiger partial charge in [0.15, 0.2) is 0 Å². The zero-order chi connectivity index (χ0) is 17.1. The Kier molecular flexibility index (Phi) is 5.02. The number of carbonyl (C=O) groups is 1. The van der Waals surface area contributed by atoms with E-state index in [-0.39, 0.29) is 5.91 Å². The molecule has 1 aliphatic rings. The maximum absolute atomic E-state index is 12.5. The van der Waals surface area contributed by atoms with Crippen LogP contribution in [-0.4, -0.2) is 43.6 Å². The highest BCUT2D eigenvalue weighted by Crippen LogP contribution is 2.25. The summed E-state index contributed by atoms with van der Waals surface area (Å²) in [6.45, 7) is 8.53. The largest absolute Gasteiger partial charge is 0.346 e. The molecule has 130 valence electrons. The molecule has 6 nitrogen and oxygen atoms in total. The molecule has 24 heavy (non-hydrogen) atoms. The van der Waals surface area contributed by atoms with Crippen LogP contribution in [-0.2, 0) is 11.3 Å². The fourth-order valence-electron chi connectivity index (χ4n) is 3.51. The van der Waals surface area contributed by atoms with Gasteiger partial charge in [-0.15, -0.1) is 0 Å². The van der Waals surface area contributed by atoms with Crippen LogP contribution in [0.25, 0.3) is 0 Å². The minimum Gasteiger partial charge on any atom is -0.346 e. The van der Waals surface area contributed by atoms with Gasteiger partial charge in [-0.1, -0.05) is 0 Å². The molecule has 0 spiro atoms. The van der Waals surface area contributed by atoms with Gasteiger partial charge in [0.25, 0.3) is 0 Å². The standard InChI is InChI=1S/C18H27N5O/c1-13-10-15(3)23(21-13)9-5-7-17(24)22-8-4-6-16(12-22)18-19-11-14(2)20-18/h10-11,16H,4-9,12H2,1-3H3,(H,19,20). The van der Waals surface area contributed by atoms with Crippen molar-refractivity contribution in [2.45, 2.75) is 58.9 Å². The van der Waals surface area contributed by atoms with Crippen molar-refractivity contribution in [1.82, 2.24) is 24.6 Å². The lowest BCUT2D eigenvalue weighted by atomic mass is 9.97. The summed E-state index contributed by atoms with van der Waals surface area (Å²) in [5, 5.41) is 4.45. The normalized spacial score (nSPS) is 18.1. The van der Waals surface area contributed by atoms with E-state index >= 15 is 0 Å². The van der Waals surface area contributed by atoms with E-state index in [9.17, 15) is 4.79 Å². The quantitative estimate of drug-likeness (QED) is 0.917. The van der Waals surface area contributed by atoms with Crippen LogP contribution in [0.3, 0.4) is 0 Å². The Labute approximate surface area is 143 Å². The Morgan fingerprint density at radius 2 is 2.21 bits per heavy atom. The van der Waals surface area contributed by atoms with E-state index in [1.54, 1.807) is 0 Å². The van der Waals surface area contributed by atoms with Crippen LogP contribution in [0.15, 0.2) is 12.3 Å². The number of aryl methyl sites for hydroxylation is 4. The molecular weight excluding hydrogens is 302 g/mol. The summed E-state index contributed by atoms with van der Waals surface area (Å²) in [6, 6.07) is 2.07. The lowest BCUT2D eigenvalue weighted by Crippen LogP contribution is -2.39. The SMILES string of the molecule is Cc1cc(C)n(CCCC(=O)N2CCCC(c3ncc(C)[nH]3)C2)n1. The number of aromatic nitrogens is 4. The second kappa shape index (κ2) is 7.20. The molecule has 1 aliphatic heterocycles. The topological polar surface area (TPSA) is 66.8 Å². The van der Waals surface area contributed by atoms with Crippen LogP contribution < -0.4 is 0 Å². The Bertz CT molecular complexity index is 702. The molecule has 6 heteroatoms. The average molecular weight is 329 g/mol. The summed E-state index contributed by atoms with van der Waals surface area (Å²) in [5.74, 6) is 1.62. The summed E-state index contributed by atoms with van der Waals surface area (Å²) in [6.07, 6.45) is 5.44. The highest BCUT2D eigenvalue weighted by Gasteiger charge is 2.26. The van der Waals surface area contributed by atoms with Crippen LogP contribution in [0.2, 0.25) is 0 Å². The number of amides is 1. The van der Waals surface area contributed by atoms with Gasteiger partial charge >= 0.3 is 0 Å². The van der Waals surface area contributed by atoms with Crippen molar-refractivity contribution in [3.05, 3.63) is 35.2 Å². The molecule has 1 amide bonds. The van der Waals surface area contributed by atoms with E-state index in [1.165, 1.54) is 0 Å². The van der Waals surface area contributed by atoms with E-state index in [1.807, 2.05) is 29.6 Å². The van der Waals surface area contributed by atoms with Gasteiger partial charge in [-0.05, 0) is 46.1 Å². The molecule has 3 heterocycles. The second-order valence-electron chi connectivity index (χ2n) is 6.88. The van der Waals surface area contributed by atoms with Gasteiger partial charge in [0.1, 0.15) is 5.82 Å². The monoisotopic (exact) mass is 329 g/mol. The molecule has 1 unspecified atom stereocenters. The number of likely N-dealkylation sites (tertiary alicyclic amines) is 1. The lowest BCUT2D eigenvalue weighted by Gasteiger charge is -2.32. The van der Waals surface area contributed by atoms with E-state index in [4.69, 9.17) is 0 Å². The number of carbonyl (C=O) groups excluding carboxylic acids is 1. The Hall–Kier alpha value is -2.11. The molecule has 1 atom stereocenters. The minimum absolute atomic E-state index is 0.254. The second-order valence-corrected chi connectivity index (χ2v) is 6.88.